The molecule has 0 aliphatic carbocycles. The van der Waals surface area contributed by atoms with Crippen molar-refractivity contribution in [2.75, 3.05) is 11.9 Å². The summed E-state index contributed by atoms with van der Waals surface area (Å²) in [7, 11) is 0. The van der Waals surface area contributed by atoms with Crippen molar-refractivity contribution in [2.45, 2.75) is 39.3 Å². The summed E-state index contributed by atoms with van der Waals surface area (Å²) in [6.07, 6.45) is -0.719. The Morgan fingerprint density at radius 3 is 2.69 bits per heavy atom. The van der Waals surface area contributed by atoms with E-state index in [1.165, 1.54) is 9.80 Å². The zero-order valence-corrected chi connectivity index (χ0v) is 14.7. The molecule has 8 heteroatoms. The van der Waals surface area contributed by atoms with Crippen molar-refractivity contribution in [1.82, 2.24) is 9.80 Å². The molecule has 3 rings (SSSR count). The van der Waals surface area contributed by atoms with Gasteiger partial charge in [0.1, 0.15) is 6.04 Å². The molecule has 1 aromatic carbocycles. The van der Waals surface area contributed by atoms with Gasteiger partial charge in [0.2, 0.25) is 5.91 Å². The number of carbonyl (C=O) groups is 4. The second-order valence-electron chi connectivity index (χ2n) is 6.99. The standard InChI is InChI=1S/C18H21N3O5/c1-10(2)8-21-15(22)7-6-14(17(21)24)20-9-12-11(16(20)23)4-3-5-13(12)19-18(25)26/h3-5,10,14,19H,6-9H2,1-2H3,(H,25,26). The highest BCUT2D eigenvalue weighted by atomic mass is 16.4. The van der Waals surface area contributed by atoms with E-state index in [0.29, 0.717) is 23.4 Å². The molecule has 26 heavy (non-hydrogen) atoms. The number of carboxylic acid groups (broad SMARTS) is 1. The molecule has 138 valence electrons. The van der Waals surface area contributed by atoms with Gasteiger partial charge in [0.25, 0.3) is 11.8 Å². The Bertz CT molecular complexity index is 789. The van der Waals surface area contributed by atoms with Gasteiger partial charge in [0, 0.05) is 36.3 Å². The highest BCUT2D eigenvalue weighted by Crippen LogP contribution is 2.33. The van der Waals surface area contributed by atoms with Gasteiger partial charge in [-0.05, 0) is 24.5 Å². The molecule has 1 unspecified atom stereocenters. The number of benzene rings is 1. The number of rotatable bonds is 4. The van der Waals surface area contributed by atoms with Gasteiger partial charge >= 0.3 is 6.09 Å². The number of nitrogens with zero attached hydrogens (tertiary/aromatic N) is 2. The average molecular weight is 359 g/mol. The number of imide groups is 1. The summed E-state index contributed by atoms with van der Waals surface area (Å²) in [6, 6.07) is 4.10. The van der Waals surface area contributed by atoms with Gasteiger partial charge < -0.3 is 10.0 Å². The first-order valence-corrected chi connectivity index (χ1v) is 8.56. The number of amides is 4. The van der Waals surface area contributed by atoms with Crippen LogP contribution in [0.3, 0.4) is 0 Å². The molecule has 0 bridgehead atoms. The Morgan fingerprint density at radius 2 is 2.04 bits per heavy atom. The normalized spacial score (nSPS) is 20.0. The van der Waals surface area contributed by atoms with E-state index in [0.717, 1.165) is 0 Å². The van der Waals surface area contributed by atoms with Crippen molar-refractivity contribution in [3.8, 4) is 0 Å². The lowest BCUT2D eigenvalue weighted by Crippen LogP contribution is -2.55. The fourth-order valence-corrected chi connectivity index (χ4v) is 3.51. The Labute approximate surface area is 150 Å². The lowest BCUT2D eigenvalue weighted by atomic mass is 10.0. The van der Waals surface area contributed by atoms with Crippen LogP contribution in [0.1, 0.15) is 42.6 Å². The van der Waals surface area contributed by atoms with Crippen molar-refractivity contribution in [3.63, 3.8) is 0 Å². The summed E-state index contributed by atoms with van der Waals surface area (Å²) in [4.78, 5) is 51.4. The molecule has 2 N–H and O–H groups in total. The zero-order valence-electron chi connectivity index (χ0n) is 14.7. The van der Waals surface area contributed by atoms with Crippen molar-refractivity contribution in [2.24, 2.45) is 5.92 Å². The summed E-state index contributed by atoms with van der Waals surface area (Å²) in [5.74, 6) is -0.744. The number of nitrogens with one attached hydrogen (secondary N) is 1. The topological polar surface area (TPSA) is 107 Å². The summed E-state index contributed by atoms with van der Waals surface area (Å²) in [5, 5.41) is 11.3. The SMILES string of the molecule is CC(C)CN1C(=O)CCC(N2Cc3c(NC(=O)O)cccc3C2=O)C1=O. The number of hydrogen-bond donors (Lipinski definition) is 2. The second kappa shape index (κ2) is 6.78. The highest BCUT2D eigenvalue weighted by Gasteiger charge is 2.43. The fourth-order valence-electron chi connectivity index (χ4n) is 3.51. The maximum absolute atomic E-state index is 12.8. The van der Waals surface area contributed by atoms with E-state index in [1.54, 1.807) is 18.2 Å². The van der Waals surface area contributed by atoms with Crippen LogP contribution in [0.15, 0.2) is 18.2 Å². The molecule has 0 saturated carbocycles. The van der Waals surface area contributed by atoms with Crippen molar-refractivity contribution >= 4 is 29.5 Å². The maximum atomic E-state index is 12.8. The number of fused-ring (bicyclic) bond motifs is 1. The number of hydrogen-bond acceptors (Lipinski definition) is 4. The molecule has 0 aromatic heterocycles. The third-order valence-electron chi connectivity index (χ3n) is 4.65. The van der Waals surface area contributed by atoms with Gasteiger partial charge in [-0.1, -0.05) is 19.9 Å². The van der Waals surface area contributed by atoms with Gasteiger partial charge in [-0.25, -0.2) is 4.79 Å². The van der Waals surface area contributed by atoms with E-state index in [4.69, 9.17) is 5.11 Å². The Balaban J connectivity index is 1.86. The lowest BCUT2D eigenvalue weighted by Gasteiger charge is -2.36. The summed E-state index contributed by atoms with van der Waals surface area (Å²) in [5.41, 5.74) is 1.28. The molecule has 4 amide bonds. The monoisotopic (exact) mass is 359 g/mol. The molecule has 0 spiro atoms. The van der Waals surface area contributed by atoms with E-state index in [-0.39, 0.29) is 43.0 Å². The third kappa shape index (κ3) is 3.14. The van der Waals surface area contributed by atoms with E-state index >= 15 is 0 Å². The highest BCUT2D eigenvalue weighted by molar-refractivity contribution is 6.06. The van der Waals surface area contributed by atoms with Crippen LogP contribution in [0, 0.1) is 5.92 Å². The third-order valence-corrected chi connectivity index (χ3v) is 4.65. The van der Waals surface area contributed by atoms with Crippen LogP contribution < -0.4 is 5.32 Å². The predicted octanol–water partition coefficient (Wildman–Crippen LogP) is 1.91. The van der Waals surface area contributed by atoms with Crippen LogP contribution in [0.4, 0.5) is 10.5 Å². The molecule has 1 atom stereocenters. The molecule has 2 aliphatic rings. The fraction of sp³-hybridized carbons (Fsp3) is 0.444. The van der Waals surface area contributed by atoms with Crippen molar-refractivity contribution in [1.29, 1.82) is 0 Å². The molecular formula is C18H21N3O5. The molecule has 1 fully saturated rings. The minimum absolute atomic E-state index is 0.138. The first kappa shape index (κ1) is 17.9. The Morgan fingerprint density at radius 1 is 1.31 bits per heavy atom. The quantitative estimate of drug-likeness (QED) is 0.799. The van der Waals surface area contributed by atoms with E-state index in [2.05, 4.69) is 5.32 Å². The second-order valence-corrected chi connectivity index (χ2v) is 6.99. The average Bonchev–Trinajstić information content (AvgIpc) is 2.89. The molecule has 1 saturated heterocycles. The Hall–Kier alpha value is -2.90. The van der Waals surface area contributed by atoms with Gasteiger partial charge in [-0.3, -0.25) is 24.6 Å². The van der Waals surface area contributed by atoms with Gasteiger partial charge in [0.15, 0.2) is 0 Å². The lowest BCUT2D eigenvalue weighted by molar-refractivity contribution is -0.152. The number of carbonyl (C=O) groups excluding carboxylic acids is 3. The van der Waals surface area contributed by atoms with Gasteiger partial charge in [-0.15, -0.1) is 0 Å². The van der Waals surface area contributed by atoms with Crippen LogP contribution in [-0.4, -0.2) is 51.3 Å². The van der Waals surface area contributed by atoms with Gasteiger partial charge in [-0.2, -0.15) is 0 Å². The molecule has 0 radical (unpaired) electrons. The smallest absolute Gasteiger partial charge is 0.409 e. The number of piperidine rings is 1. The minimum atomic E-state index is -1.22. The first-order valence-electron chi connectivity index (χ1n) is 8.56. The van der Waals surface area contributed by atoms with E-state index in [1.807, 2.05) is 13.8 Å². The van der Waals surface area contributed by atoms with E-state index in [9.17, 15) is 19.2 Å². The largest absolute Gasteiger partial charge is 0.465 e. The molecular weight excluding hydrogens is 338 g/mol. The number of anilines is 1. The van der Waals surface area contributed by atoms with Crippen LogP contribution in [0.5, 0.6) is 0 Å². The van der Waals surface area contributed by atoms with Crippen LogP contribution in [-0.2, 0) is 16.1 Å². The van der Waals surface area contributed by atoms with Crippen molar-refractivity contribution in [3.05, 3.63) is 29.3 Å². The minimum Gasteiger partial charge on any atom is -0.465 e. The Kier molecular flexibility index (Phi) is 4.67. The summed E-state index contributed by atoms with van der Waals surface area (Å²) in [6.45, 7) is 4.31. The zero-order chi connectivity index (χ0) is 19.0. The number of likely N-dealkylation sites (tertiary alicyclic amines) is 1. The van der Waals surface area contributed by atoms with Crippen molar-refractivity contribution < 1.29 is 24.3 Å². The predicted molar refractivity (Wildman–Crippen MR) is 92.5 cm³/mol. The summed E-state index contributed by atoms with van der Waals surface area (Å²) < 4.78 is 0. The summed E-state index contributed by atoms with van der Waals surface area (Å²) >= 11 is 0. The first-order chi connectivity index (χ1) is 12.3. The molecule has 8 nitrogen and oxygen atoms in total. The molecule has 1 aromatic rings. The molecule has 2 heterocycles. The van der Waals surface area contributed by atoms with Crippen LogP contribution >= 0.6 is 0 Å². The van der Waals surface area contributed by atoms with Crippen LogP contribution in [0.25, 0.3) is 0 Å². The molecule has 2 aliphatic heterocycles. The van der Waals surface area contributed by atoms with E-state index < -0.39 is 12.1 Å². The van der Waals surface area contributed by atoms with Crippen LogP contribution in [0.2, 0.25) is 0 Å². The maximum Gasteiger partial charge on any atom is 0.409 e. The van der Waals surface area contributed by atoms with Gasteiger partial charge in [0.05, 0.1) is 0 Å².